The van der Waals surface area contributed by atoms with Crippen LogP contribution < -0.4 is 0 Å². The van der Waals surface area contributed by atoms with Crippen LogP contribution in [0.2, 0.25) is 0 Å². The lowest BCUT2D eigenvalue weighted by Crippen LogP contribution is -2.23. The van der Waals surface area contributed by atoms with Gasteiger partial charge in [-0.05, 0) is 6.42 Å². The zero-order chi connectivity index (χ0) is 7.11. The molecule has 0 aromatic rings. The number of hydroxylamine groups is 2. The van der Waals surface area contributed by atoms with Crippen LogP contribution in [-0.2, 0) is 4.84 Å². The van der Waals surface area contributed by atoms with E-state index in [1.807, 2.05) is 6.92 Å². The Bertz CT molecular complexity index is 55.0. The second kappa shape index (κ2) is 6.01. The van der Waals surface area contributed by atoms with Crippen LogP contribution in [0, 0.1) is 0 Å². The number of hydrogen-bond donors (Lipinski definition) is 1. The van der Waals surface area contributed by atoms with Crippen LogP contribution >= 0.6 is 0 Å². The van der Waals surface area contributed by atoms with Gasteiger partial charge in [-0.15, -0.1) is 0 Å². The molecule has 3 nitrogen and oxygen atoms in total. The molecule has 0 aliphatic heterocycles. The van der Waals surface area contributed by atoms with E-state index in [0.29, 0.717) is 0 Å². The second-order valence-corrected chi connectivity index (χ2v) is 1.78. The van der Waals surface area contributed by atoms with Crippen molar-refractivity contribution in [3.63, 3.8) is 0 Å². The molecule has 56 valence electrons. The Kier molecular flexibility index (Phi) is 5.93. The Hall–Kier alpha value is -0.120. The minimum atomic E-state index is 0.236. The van der Waals surface area contributed by atoms with Crippen molar-refractivity contribution >= 4 is 0 Å². The van der Waals surface area contributed by atoms with Crippen LogP contribution in [0.5, 0.6) is 0 Å². The smallest absolute Gasteiger partial charge is 0.0575 e. The minimum absolute atomic E-state index is 0.236. The van der Waals surface area contributed by atoms with Crippen molar-refractivity contribution < 1.29 is 9.94 Å². The number of nitrogens with zero attached hydrogens (tertiary/aromatic N) is 1. The molecule has 0 fully saturated rings. The average Bonchev–Trinajstić information content (AvgIpc) is 1.91. The molecule has 0 amide bonds. The van der Waals surface area contributed by atoms with E-state index in [4.69, 9.17) is 9.94 Å². The lowest BCUT2D eigenvalue weighted by Gasteiger charge is -2.15. The number of rotatable bonds is 5. The largest absolute Gasteiger partial charge is 0.396 e. The standard InChI is InChI=1S/C6H15NO2/c1-3-7(9-2)5-4-6-8/h8H,3-6H2,1-2H3. The van der Waals surface area contributed by atoms with Crippen molar-refractivity contribution in [3.05, 3.63) is 0 Å². The van der Waals surface area contributed by atoms with Crippen molar-refractivity contribution in [1.82, 2.24) is 5.06 Å². The zero-order valence-electron chi connectivity index (χ0n) is 6.13. The maximum Gasteiger partial charge on any atom is 0.0575 e. The van der Waals surface area contributed by atoms with Crippen molar-refractivity contribution in [2.45, 2.75) is 13.3 Å². The molecule has 0 aliphatic carbocycles. The molecule has 9 heavy (non-hydrogen) atoms. The Morgan fingerprint density at radius 1 is 1.56 bits per heavy atom. The lowest BCUT2D eigenvalue weighted by atomic mass is 10.4. The number of aliphatic hydroxyl groups is 1. The van der Waals surface area contributed by atoms with Gasteiger partial charge < -0.3 is 9.94 Å². The topological polar surface area (TPSA) is 32.7 Å². The van der Waals surface area contributed by atoms with E-state index >= 15 is 0 Å². The Balaban J connectivity index is 3.09. The first-order valence-corrected chi connectivity index (χ1v) is 3.25. The Morgan fingerprint density at radius 3 is 2.56 bits per heavy atom. The van der Waals surface area contributed by atoms with Crippen molar-refractivity contribution in [1.29, 1.82) is 0 Å². The van der Waals surface area contributed by atoms with Gasteiger partial charge in [0.1, 0.15) is 0 Å². The van der Waals surface area contributed by atoms with Gasteiger partial charge in [0, 0.05) is 19.7 Å². The monoisotopic (exact) mass is 133 g/mol. The molecule has 3 heteroatoms. The van der Waals surface area contributed by atoms with Gasteiger partial charge in [-0.1, -0.05) is 6.92 Å². The summed E-state index contributed by atoms with van der Waals surface area (Å²) in [5.74, 6) is 0. The summed E-state index contributed by atoms with van der Waals surface area (Å²) < 4.78 is 0. The summed E-state index contributed by atoms with van der Waals surface area (Å²) in [4.78, 5) is 4.92. The molecule has 0 radical (unpaired) electrons. The summed E-state index contributed by atoms with van der Waals surface area (Å²) in [5, 5.41) is 10.2. The molecular weight excluding hydrogens is 118 g/mol. The van der Waals surface area contributed by atoms with Crippen LogP contribution in [0.4, 0.5) is 0 Å². The highest BCUT2D eigenvalue weighted by Crippen LogP contribution is 1.88. The first kappa shape index (κ1) is 8.88. The van der Waals surface area contributed by atoms with Gasteiger partial charge in [-0.2, -0.15) is 5.06 Å². The highest BCUT2D eigenvalue weighted by molar-refractivity contribution is 4.40. The highest BCUT2D eigenvalue weighted by Gasteiger charge is 1.96. The molecule has 0 unspecified atom stereocenters. The fourth-order valence-corrected chi connectivity index (χ4v) is 0.626. The number of aliphatic hydroxyl groups excluding tert-OH is 1. The fourth-order valence-electron chi connectivity index (χ4n) is 0.626. The third-order valence-corrected chi connectivity index (χ3v) is 1.18. The van der Waals surface area contributed by atoms with E-state index < -0.39 is 0 Å². The fraction of sp³-hybridized carbons (Fsp3) is 1.00. The van der Waals surface area contributed by atoms with Gasteiger partial charge in [0.15, 0.2) is 0 Å². The molecule has 0 aromatic heterocycles. The zero-order valence-corrected chi connectivity index (χ0v) is 6.13. The molecule has 0 aliphatic rings. The van der Waals surface area contributed by atoms with Crippen molar-refractivity contribution in [2.24, 2.45) is 0 Å². The van der Waals surface area contributed by atoms with Crippen LogP contribution in [0.3, 0.4) is 0 Å². The van der Waals surface area contributed by atoms with Gasteiger partial charge in [0.25, 0.3) is 0 Å². The van der Waals surface area contributed by atoms with Gasteiger partial charge in [0.05, 0.1) is 7.11 Å². The van der Waals surface area contributed by atoms with Gasteiger partial charge in [-0.25, -0.2) is 0 Å². The van der Waals surface area contributed by atoms with E-state index in [9.17, 15) is 0 Å². The SMILES string of the molecule is CCN(CCCO)OC. The third-order valence-electron chi connectivity index (χ3n) is 1.18. The first-order valence-electron chi connectivity index (χ1n) is 3.25. The summed E-state index contributed by atoms with van der Waals surface area (Å²) in [6, 6.07) is 0. The summed E-state index contributed by atoms with van der Waals surface area (Å²) in [6.45, 7) is 3.93. The molecule has 0 atom stereocenters. The maximum absolute atomic E-state index is 8.42. The highest BCUT2D eigenvalue weighted by atomic mass is 16.7. The normalized spacial score (nSPS) is 10.7. The maximum atomic E-state index is 8.42. The van der Waals surface area contributed by atoms with E-state index in [1.54, 1.807) is 12.2 Å². The summed E-state index contributed by atoms with van der Waals surface area (Å²) in [6.07, 6.45) is 0.779. The molecule has 0 aromatic carbocycles. The van der Waals surface area contributed by atoms with E-state index in [-0.39, 0.29) is 6.61 Å². The van der Waals surface area contributed by atoms with Gasteiger partial charge in [-0.3, -0.25) is 0 Å². The molecular formula is C6H15NO2. The number of hydrogen-bond acceptors (Lipinski definition) is 3. The van der Waals surface area contributed by atoms with Crippen LogP contribution in [0.15, 0.2) is 0 Å². The van der Waals surface area contributed by atoms with E-state index in [2.05, 4.69) is 0 Å². The third kappa shape index (κ3) is 4.39. The predicted molar refractivity (Wildman–Crippen MR) is 36.0 cm³/mol. The molecule has 0 bridgehead atoms. The molecule has 1 N–H and O–H groups in total. The van der Waals surface area contributed by atoms with Crippen molar-refractivity contribution in [3.8, 4) is 0 Å². The van der Waals surface area contributed by atoms with Crippen LogP contribution in [0.1, 0.15) is 13.3 Å². The lowest BCUT2D eigenvalue weighted by molar-refractivity contribution is -0.129. The average molecular weight is 133 g/mol. The van der Waals surface area contributed by atoms with Crippen molar-refractivity contribution in [2.75, 3.05) is 26.8 Å². The van der Waals surface area contributed by atoms with Gasteiger partial charge >= 0.3 is 0 Å². The van der Waals surface area contributed by atoms with Crippen LogP contribution in [-0.4, -0.2) is 37.0 Å². The van der Waals surface area contributed by atoms with Gasteiger partial charge in [0.2, 0.25) is 0 Å². The quantitative estimate of drug-likeness (QED) is 0.546. The first-order chi connectivity index (χ1) is 4.35. The summed E-state index contributed by atoms with van der Waals surface area (Å²) in [5.41, 5.74) is 0. The van der Waals surface area contributed by atoms with E-state index in [1.165, 1.54) is 0 Å². The molecule has 0 heterocycles. The predicted octanol–water partition coefficient (Wildman–Crippen LogP) is 0.252. The Morgan fingerprint density at radius 2 is 2.22 bits per heavy atom. The minimum Gasteiger partial charge on any atom is -0.396 e. The summed E-state index contributed by atoms with van der Waals surface area (Å²) >= 11 is 0. The van der Waals surface area contributed by atoms with Crippen LogP contribution in [0.25, 0.3) is 0 Å². The molecule has 0 saturated heterocycles. The molecule has 0 rings (SSSR count). The van der Waals surface area contributed by atoms with E-state index in [0.717, 1.165) is 19.5 Å². The molecule has 0 saturated carbocycles. The Labute approximate surface area is 56.2 Å². The second-order valence-electron chi connectivity index (χ2n) is 1.78. The molecule has 0 spiro atoms. The summed E-state index contributed by atoms with van der Waals surface area (Å²) in [7, 11) is 1.64.